The van der Waals surface area contributed by atoms with Gasteiger partial charge in [0, 0.05) is 19.3 Å². The van der Waals surface area contributed by atoms with Gasteiger partial charge in [-0.3, -0.25) is 4.79 Å². The SMILES string of the molecule is CCCCN(C(=O)c1cccc(NC)n1)c1ccccc1. The molecule has 4 nitrogen and oxygen atoms in total. The summed E-state index contributed by atoms with van der Waals surface area (Å²) in [5.74, 6) is 0.635. The lowest BCUT2D eigenvalue weighted by molar-refractivity contribution is 0.0982. The summed E-state index contributed by atoms with van der Waals surface area (Å²) in [5, 5.41) is 2.96. The quantitative estimate of drug-likeness (QED) is 0.881. The lowest BCUT2D eigenvalue weighted by Gasteiger charge is -2.22. The molecule has 1 N–H and O–H groups in total. The van der Waals surface area contributed by atoms with Crippen molar-refractivity contribution < 1.29 is 4.79 Å². The van der Waals surface area contributed by atoms with Crippen molar-refractivity contribution >= 4 is 17.4 Å². The number of nitrogens with one attached hydrogen (secondary N) is 1. The Bertz CT molecular complexity index is 584. The largest absolute Gasteiger partial charge is 0.373 e. The molecule has 1 heterocycles. The van der Waals surface area contributed by atoms with E-state index in [0.717, 1.165) is 18.5 Å². The number of anilines is 2. The molecule has 4 heteroatoms. The average Bonchev–Trinajstić information content (AvgIpc) is 2.56. The minimum atomic E-state index is -0.0632. The predicted octanol–water partition coefficient (Wildman–Crippen LogP) is 3.57. The van der Waals surface area contributed by atoms with Crippen molar-refractivity contribution in [3.8, 4) is 0 Å². The van der Waals surface area contributed by atoms with Crippen LogP contribution in [0, 0.1) is 0 Å². The Hall–Kier alpha value is -2.36. The molecule has 1 amide bonds. The molecule has 110 valence electrons. The fourth-order valence-electron chi connectivity index (χ4n) is 2.10. The molecule has 0 fully saturated rings. The Kier molecular flexibility index (Phi) is 5.32. The van der Waals surface area contributed by atoms with Gasteiger partial charge in [-0.1, -0.05) is 37.6 Å². The van der Waals surface area contributed by atoms with E-state index in [9.17, 15) is 4.79 Å². The van der Waals surface area contributed by atoms with Gasteiger partial charge in [0.2, 0.25) is 0 Å². The fourth-order valence-corrected chi connectivity index (χ4v) is 2.10. The van der Waals surface area contributed by atoms with Crippen molar-refractivity contribution in [2.75, 3.05) is 23.8 Å². The third-order valence-electron chi connectivity index (χ3n) is 3.27. The van der Waals surface area contributed by atoms with Gasteiger partial charge >= 0.3 is 0 Å². The molecule has 0 aliphatic heterocycles. The molecule has 0 saturated heterocycles. The van der Waals surface area contributed by atoms with Crippen molar-refractivity contribution in [3.63, 3.8) is 0 Å². The Morgan fingerprint density at radius 1 is 1.14 bits per heavy atom. The number of hydrogen-bond acceptors (Lipinski definition) is 3. The first-order chi connectivity index (χ1) is 10.3. The summed E-state index contributed by atoms with van der Waals surface area (Å²) < 4.78 is 0. The Balaban J connectivity index is 2.29. The van der Waals surface area contributed by atoms with E-state index in [4.69, 9.17) is 0 Å². The lowest BCUT2D eigenvalue weighted by Crippen LogP contribution is -2.32. The van der Waals surface area contributed by atoms with E-state index < -0.39 is 0 Å². The zero-order valence-corrected chi connectivity index (χ0v) is 12.5. The highest BCUT2D eigenvalue weighted by atomic mass is 16.2. The highest BCUT2D eigenvalue weighted by molar-refractivity contribution is 6.04. The summed E-state index contributed by atoms with van der Waals surface area (Å²) in [5.41, 5.74) is 1.37. The Morgan fingerprint density at radius 3 is 2.57 bits per heavy atom. The third-order valence-corrected chi connectivity index (χ3v) is 3.27. The minimum Gasteiger partial charge on any atom is -0.373 e. The molecule has 0 spiro atoms. The van der Waals surface area contributed by atoms with Crippen LogP contribution >= 0.6 is 0 Å². The van der Waals surface area contributed by atoms with Crippen molar-refractivity contribution in [3.05, 3.63) is 54.2 Å². The number of amides is 1. The summed E-state index contributed by atoms with van der Waals surface area (Å²) >= 11 is 0. The number of aromatic nitrogens is 1. The molecular formula is C17H21N3O. The summed E-state index contributed by atoms with van der Waals surface area (Å²) in [6, 6.07) is 15.2. The number of pyridine rings is 1. The van der Waals surface area contributed by atoms with Gasteiger partial charge in [0.1, 0.15) is 11.5 Å². The molecule has 0 atom stereocenters. The third kappa shape index (κ3) is 3.81. The van der Waals surface area contributed by atoms with Crippen LogP contribution in [0.1, 0.15) is 30.3 Å². The number of unbranched alkanes of at least 4 members (excludes halogenated alkanes) is 1. The van der Waals surface area contributed by atoms with E-state index >= 15 is 0 Å². The zero-order valence-electron chi connectivity index (χ0n) is 12.5. The summed E-state index contributed by atoms with van der Waals surface area (Å²) in [4.78, 5) is 18.9. The van der Waals surface area contributed by atoms with Crippen LogP contribution in [-0.4, -0.2) is 24.5 Å². The van der Waals surface area contributed by atoms with E-state index in [1.165, 1.54) is 0 Å². The van der Waals surface area contributed by atoms with Crippen LogP contribution in [-0.2, 0) is 0 Å². The van der Waals surface area contributed by atoms with Crippen LogP contribution in [0.3, 0.4) is 0 Å². The van der Waals surface area contributed by atoms with E-state index in [0.29, 0.717) is 18.1 Å². The van der Waals surface area contributed by atoms with Gasteiger partial charge in [-0.25, -0.2) is 4.98 Å². The van der Waals surface area contributed by atoms with Crippen molar-refractivity contribution in [2.45, 2.75) is 19.8 Å². The number of rotatable bonds is 6. The van der Waals surface area contributed by atoms with E-state index in [1.54, 1.807) is 18.0 Å². The van der Waals surface area contributed by atoms with Gasteiger partial charge in [0.15, 0.2) is 0 Å². The molecule has 0 bridgehead atoms. The molecule has 0 radical (unpaired) electrons. The van der Waals surface area contributed by atoms with Crippen LogP contribution in [0.4, 0.5) is 11.5 Å². The summed E-state index contributed by atoms with van der Waals surface area (Å²) in [6.45, 7) is 2.82. The molecule has 0 aliphatic carbocycles. The molecule has 1 aromatic carbocycles. The standard InChI is InChI=1S/C17H21N3O/c1-3-4-13-20(14-9-6-5-7-10-14)17(21)15-11-8-12-16(18-2)19-15/h5-12H,3-4,13H2,1-2H3,(H,18,19). The zero-order chi connectivity index (χ0) is 15.1. The number of carbonyl (C=O) groups is 1. The number of carbonyl (C=O) groups excluding carboxylic acids is 1. The number of benzene rings is 1. The minimum absolute atomic E-state index is 0.0632. The first-order valence-electron chi connectivity index (χ1n) is 7.28. The van der Waals surface area contributed by atoms with Gasteiger partial charge in [0.25, 0.3) is 5.91 Å². The molecule has 2 rings (SSSR count). The van der Waals surface area contributed by atoms with Gasteiger partial charge < -0.3 is 10.2 Å². The molecule has 1 aromatic heterocycles. The average molecular weight is 283 g/mol. The van der Waals surface area contributed by atoms with Crippen LogP contribution in [0.15, 0.2) is 48.5 Å². The van der Waals surface area contributed by atoms with Gasteiger partial charge in [-0.15, -0.1) is 0 Å². The Labute approximate surface area is 125 Å². The normalized spacial score (nSPS) is 10.2. The molecule has 0 saturated carbocycles. The van der Waals surface area contributed by atoms with Crippen molar-refractivity contribution in [1.29, 1.82) is 0 Å². The van der Waals surface area contributed by atoms with Crippen LogP contribution < -0.4 is 10.2 Å². The number of nitrogens with zero attached hydrogens (tertiary/aromatic N) is 2. The first kappa shape index (κ1) is 15.0. The molecule has 2 aromatic rings. The first-order valence-corrected chi connectivity index (χ1v) is 7.28. The summed E-state index contributed by atoms with van der Waals surface area (Å²) in [6.07, 6.45) is 2.01. The smallest absolute Gasteiger partial charge is 0.276 e. The topological polar surface area (TPSA) is 45.2 Å². The van der Waals surface area contributed by atoms with Crippen molar-refractivity contribution in [2.24, 2.45) is 0 Å². The maximum absolute atomic E-state index is 12.8. The monoisotopic (exact) mass is 283 g/mol. The maximum atomic E-state index is 12.8. The van der Waals surface area contributed by atoms with Gasteiger partial charge in [-0.05, 0) is 30.7 Å². The highest BCUT2D eigenvalue weighted by Crippen LogP contribution is 2.17. The summed E-state index contributed by atoms with van der Waals surface area (Å²) in [7, 11) is 1.79. The predicted molar refractivity (Wildman–Crippen MR) is 86.8 cm³/mol. The number of hydrogen-bond donors (Lipinski definition) is 1. The van der Waals surface area contributed by atoms with E-state index in [-0.39, 0.29) is 5.91 Å². The molecule has 0 aliphatic rings. The van der Waals surface area contributed by atoms with Crippen molar-refractivity contribution in [1.82, 2.24) is 4.98 Å². The second kappa shape index (κ2) is 7.43. The lowest BCUT2D eigenvalue weighted by atomic mass is 10.2. The fraction of sp³-hybridized carbons (Fsp3) is 0.294. The second-order valence-electron chi connectivity index (χ2n) is 4.80. The highest BCUT2D eigenvalue weighted by Gasteiger charge is 2.18. The Morgan fingerprint density at radius 2 is 1.90 bits per heavy atom. The molecular weight excluding hydrogens is 262 g/mol. The van der Waals surface area contributed by atoms with E-state index in [2.05, 4.69) is 17.2 Å². The van der Waals surface area contributed by atoms with Crippen LogP contribution in [0.5, 0.6) is 0 Å². The van der Waals surface area contributed by atoms with Gasteiger partial charge in [-0.2, -0.15) is 0 Å². The number of para-hydroxylation sites is 1. The van der Waals surface area contributed by atoms with E-state index in [1.807, 2.05) is 42.5 Å². The van der Waals surface area contributed by atoms with Gasteiger partial charge in [0.05, 0.1) is 0 Å². The molecule has 21 heavy (non-hydrogen) atoms. The second-order valence-corrected chi connectivity index (χ2v) is 4.80. The molecule has 0 unspecified atom stereocenters. The van der Waals surface area contributed by atoms with Crippen LogP contribution in [0.2, 0.25) is 0 Å². The maximum Gasteiger partial charge on any atom is 0.276 e. The van der Waals surface area contributed by atoms with Crippen LogP contribution in [0.25, 0.3) is 0 Å².